The molecule has 0 saturated carbocycles. The van der Waals surface area contributed by atoms with Gasteiger partial charge < -0.3 is 19.9 Å². The van der Waals surface area contributed by atoms with Gasteiger partial charge in [0.1, 0.15) is 18.1 Å². The van der Waals surface area contributed by atoms with Crippen molar-refractivity contribution in [2.24, 2.45) is 5.73 Å². The lowest BCUT2D eigenvalue weighted by Gasteiger charge is -2.12. The zero-order chi connectivity index (χ0) is 20.3. The van der Waals surface area contributed by atoms with Crippen LogP contribution >= 0.6 is 0 Å². The van der Waals surface area contributed by atoms with Gasteiger partial charge in [-0.2, -0.15) is 0 Å². The van der Waals surface area contributed by atoms with Crippen LogP contribution in [0.5, 0.6) is 17.2 Å². The van der Waals surface area contributed by atoms with E-state index in [-0.39, 0.29) is 17.9 Å². The Hall–Kier alpha value is -3.69. The zero-order valence-electron chi connectivity index (χ0n) is 15.0. The number of ether oxygens (including phenoxy) is 3. The number of amides is 1. The number of nitrogens with two attached hydrogens (primary N) is 1. The van der Waals surface area contributed by atoms with E-state index in [9.17, 15) is 13.6 Å². The molecule has 1 heterocycles. The van der Waals surface area contributed by atoms with E-state index in [2.05, 4.69) is 10.3 Å². The molecular weight excluding hydrogens is 374 g/mol. The lowest BCUT2D eigenvalue weighted by atomic mass is 10.1. The molecule has 3 rings (SSSR count). The molecule has 0 aliphatic rings. The molecule has 1 aromatic heterocycles. The molecule has 28 heavy (non-hydrogen) atoms. The lowest BCUT2D eigenvalue weighted by Crippen LogP contribution is -2.15. The normalized spacial score (nSPS) is 10.6. The van der Waals surface area contributed by atoms with Crippen molar-refractivity contribution in [2.75, 3.05) is 14.2 Å². The number of benzene rings is 2. The molecule has 146 valence electrons. The number of methoxy groups -OCH3 is 2. The van der Waals surface area contributed by atoms with Gasteiger partial charge in [-0.25, -0.2) is 13.5 Å². The maximum Gasteiger partial charge on any atom is 0.251 e. The first-order valence-electron chi connectivity index (χ1n) is 7.98. The molecule has 10 heteroatoms. The van der Waals surface area contributed by atoms with Crippen LogP contribution in [0.25, 0.3) is 5.69 Å². The fourth-order valence-corrected chi connectivity index (χ4v) is 2.46. The van der Waals surface area contributed by atoms with Gasteiger partial charge in [-0.15, -0.1) is 5.10 Å². The van der Waals surface area contributed by atoms with E-state index < -0.39 is 17.5 Å². The summed E-state index contributed by atoms with van der Waals surface area (Å²) in [7, 11) is 2.89. The molecule has 3 aromatic rings. The number of primary amides is 1. The first kappa shape index (κ1) is 19.1. The Morgan fingerprint density at radius 1 is 1.11 bits per heavy atom. The van der Waals surface area contributed by atoms with E-state index in [0.717, 1.165) is 12.1 Å². The molecule has 0 aliphatic carbocycles. The molecule has 0 fully saturated rings. The van der Waals surface area contributed by atoms with Crippen LogP contribution in [0, 0.1) is 11.6 Å². The number of carbonyl (C=O) groups is 1. The predicted molar refractivity (Wildman–Crippen MR) is 93.7 cm³/mol. The molecule has 1 amide bonds. The second kappa shape index (κ2) is 7.91. The highest BCUT2D eigenvalue weighted by atomic mass is 19.2. The maximum absolute atomic E-state index is 13.2. The standard InChI is InChI=1S/C18H16F2N4O4/c1-26-16-6-12(18(21)25)15(7-17(16)27-2)24-8-10(22-23-24)9-28-11-3-4-13(19)14(20)5-11/h3-8H,9H2,1-2H3,(H2,21,25). The molecule has 0 bridgehead atoms. The number of hydrogen-bond donors (Lipinski definition) is 1. The minimum atomic E-state index is -1.02. The van der Waals surface area contributed by atoms with Crippen molar-refractivity contribution in [3.63, 3.8) is 0 Å². The van der Waals surface area contributed by atoms with Gasteiger partial charge in [0.25, 0.3) is 5.91 Å². The van der Waals surface area contributed by atoms with Crippen LogP contribution in [-0.4, -0.2) is 35.1 Å². The molecular formula is C18H16F2N4O4. The summed E-state index contributed by atoms with van der Waals surface area (Å²) >= 11 is 0. The van der Waals surface area contributed by atoms with Crippen LogP contribution in [-0.2, 0) is 6.61 Å². The SMILES string of the molecule is COc1cc(C(N)=O)c(-n2cc(COc3ccc(F)c(F)c3)nn2)cc1OC. The summed E-state index contributed by atoms with van der Waals surface area (Å²) in [5.41, 5.74) is 6.31. The third kappa shape index (κ3) is 3.85. The molecule has 0 spiro atoms. The van der Waals surface area contributed by atoms with Crippen molar-refractivity contribution in [1.29, 1.82) is 0 Å². The molecule has 0 radical (unpaired) electrons. The van der Waals surface area contributed by atoms with Gasteiger partial charge in [-0.1, -0.05) is 5.21 Å². The highest BCUT2D eigenvalue weighted by molar-refractivity contribution is 5.97. The molecule has 0 atom stereocenters. The first-order chi connectivity index (χ1) is 13.4. The molecule has 0 saturated heterocycles. The van der Waals surface area contributed by atoms with Crippen LogP contribution in [0.15, 0.2) is 36.5 Å². The highest BCUT2D eigenvalue weighted by Crippen LogP contribution is 2.32. The van der Waals surface area contributed by atoms with Crippen molar-refractivity contribution >= 4 is 5.91 Å². The average Bonchev–Trinajstić information content (AvgIpc) is 3.16. The van der Waals surface area contributed by atoms with E-state index in [1.165, 1.54) is 43.3 Å². The van der Waals surface area contributed by atoms with E-state index in [0.29, 0.717) is 22.9 Å². The smallest absolute Gasteiger partial charge is 0.251 e. The molecule has 0 aliphatic heterocycles. The monoisotopic (exact) mass is 390 g/mol. The van der Waals surface area contributed by atoms with Gasteiger partial charge in [0.2, 0.25) is 0 Å². The summed E-state index contributed by atoms with van der Waals surface area (Å²) in [4.78, 5) is 11.8. The molecule has 2 aromatic carbocycles. The first-order valence-corrected chi connectivity index (χ1v) is 7.98. The van der Waals surface area contributed by atoms with Crippen LogP contribution in [0.3, 0.4) is 0 Å². The maximum atomic E-state index is 13.2. The fourth-order valence-electron chi connectivity index (χ4n) is 2.46. The van der Waals surface area contributed by atoms with Crippen molar-refractivity contribution in [1.82, 2.24) is 15.0 Å². The summed E-state index contributed by atoms with van der Waals surface area (Å²) in [6.45, 7) is -0.0513. The van der Waals surface area contributed by atoms with Gasteiger partial charge in [0.05, 0.1) is 31.7 Å². The van der Waals surface area contributed by atoms with Gasteiger partial charge in [-0.3, -0.25) is 4.79 Å². The third-order valence-electron chi connectivity index (χ3n) is 3.83. The van der Waals surface area contributed by atoms with Gasteiger partial charge in [0.15, 0.2) is 23.1 Å². The van der Waals surface area contributed by atoms with Gasteiger partial charge in [-0.05, 0) is 18.2 Å². The van der Waals surface area contributed by atoms with Crippen molar-refractivity contribution in [3.8, 4) is 22.9 Å². The minimum absolute atomic E-state index is 0.0513. The van der Waals surface area contributed by atoms with Crippen molar-refractivity contribution in [2.45, 2.75) is 6.61 Å². The molecule has 2 N–H and O–H groups in total. The fraction of sp³-hybridized carbons (Fsp3) is 0.167. The summed E-state index contributed by atoms with van der Waals surface area (Å²) in [6.07, 6.45) is 1.51. The van der Waals surface area contributed by atoms with E-state index >= 15 is 0 Å². The Morgan fingerprint density at radius 2 is 1.82 bits per heavy atom. The van der Waals surface area contributed by atoms with E-state index in [1.54, 1.807) is 0 Å². The molecule has 8 nitrogen and oxygen atoms in total. The summed E-state index contributed by atoms with van der Waals surface area (Å²) in [5, 5.41) is 7.89. The topological polar surface area (TPSA) is 101 Å². The number of carbonyl (C=O) groups excluding carboxylic acids is 1. The minimum Gasteiger partial charge on any atom is -0.493 e. The second-order valence-corrected chi connectivity index (χ2v) is 5.61. The summed E-state index contributed by atoms with van der Waals surface area (Å²) in [6, 6.07) is 6.16. The second-order valence-electron chi connectivity index (χ2n) is 5.61. The summed E-state index contributed by atoms with van der Waals surface area (Å²) in [5.74, 6) is -1.83. The van der Waals surface area contributed by atoms with Crippen molar-refractivity contribution < 1.29 is 27.8 Å². The average molecular weight is 390 g/mol. The quantitative estimate of drug-likeness (QED) is 0.664. The number of nitrogens with zero attached hydrogens (tertiary/aromatic N) is 3. The van der Waals surface area contributed by atoms with E-state index in [4.69, 9.17) is 19.9 Å². The highest BCUT2D eigenvalue weighted by Gasteiger charge is 2.18. The third-order valence-corrected chi connectivity index (χ3v) is 3.83. The Bertz CT molecular complexity index is 1020. The van der Waals surface area contributed by atoms with Crippen LogP contribution in [0.2, 0.25) is 0 Å². The van der Waals surface area contributed by atoms with Crippen LogP contribution in [0.1, 0.15) is 16.1 Å². The van der Waals surface area contributed by atoms with Gasteiger partial charge in [0, 0.05) is 12.1 Å². The van der Waals surface area contributed by atoms with Crippen LogP contribution in [0.4, 0.5) is 8.78 Å². The number of rotatable bonds is 7. The Kier molecular flexibility index (Phi) is 5.39. The Morgan fingerprint density at radius 3 is 2.46 bits per heavy atom. The largest absolute Gasteiger partial charge is 0.493 e. The predicted octanol–water partition coefficient (Wildman–Crippen LogP) is 2.24. The summed E-state index contributed by atoms with van der Waals surface area (Å²) < 4.78 is 43.3. The number of hydrogen-bond acceptors (Lipinski definition) is 6. The molecule has 0 unspecified atom stereocenters. The van der Waals surface area contributed by atoms with Gasteiger partial charge >= 0.3 is 0 Å². The van der Waals surface area contributed by atoms with E-state index in [1.807, 2.05) is 0 Å². The Labute approximate surface area is 158 Å². The van der Waals surface area contributed by atoms with Crippen molar-refractivity contribution in [3.05, 3.63) is 59.4 Å². The number of aromatic nitrogens is 3. The Balaban J connectivity index is 1.86. The number of halogens is 2. The lowest BCUT2D eigenvalue weighted by molar-refractivity contribution is 0.0999. The van der Waals surface area contributed by atoms with Crippen LogP contribution < -0.4 is 19.9 Å². The zero-order valence-corrected chi connectivity index (χ0v) is 15.0.